The van der Waals surface area contributed by atoms with E-state index in [1.54, 1.807) is 11.8 Å². The van der Waals surface area contributed by atoms with E-state index in [0.29, 0.717) is 6.04 Å². The number of nitrogens with zero attached hydrogens (tertiary/aromatic N) is 2. The summed E-state index contributed by atoms with van der Waals surface area (Å²) in [6.07, 6.45) is 7.60. The minimum absolute atomic E-state index is 0.662. The van der Waals surface area contributed by atoms with Gasteiger partial charge >= 0.3 is 0 Å². The number of rotatable bonds is 5. The number of aromatic nitrogens is 2. The topological polar surface area (TPSA) is 37.8 Å². The second-order valence-electron chi connectivity index (χ2n) is 4.81. The van der Waals surface area contributed by atoms with Crippen LogP contribution >= 0.6 is 11.8 Å². The fourth-order valence-electron chi connectivity index (χ4n) is 2.21. The Morgan fingerprint density at radius 2 is 1.88 bits per heavy atom. The zero-order valence-corrected chi connectivity index (χ0v) is 10.3. The summed E-state index contributed by atoms with van der Waals surface area (Å²) < 4.78 is 0. The van der Waals surface area contributed by atoms with Crippen LogP contribution in [0.25, 0.3) is 0 Å². The summed E-state index contributed by atoms with van der Waals surface area (Å²) >= 11 is 1.63. The average Bonchev–Trinajstić information content (AvgIpc) is 3.19. The van der Waals surface area contributed by atoms with Gasteiger partial charge in [-0.2, -0.15) is 0 Å². The van der Waals surface area contributed by atoms with Gasteiger partial charge in [-0.1, -0.05) is 0 Å². The van der Waals surface area contributed by atoms with Crippen LogP contribution in [0.2, 0.25) is 0 Å². The smallest absolute Gasteiger partial charge is 0.148 e. The number of thioether (sulfide) groups is 1. The van der Waals surface area contributed by atoms with Crippen molar-refractivity contribution in [3.63, 3.8) is 0 Å². The van der Waals surface area contributed by atoms with Crippen LogP contribution < -0.4 is 5.32 Å². The van der Waals surface area contributed by atoms with Crippen LogP contribution in [0, 0.1) is 11.8 Å². The Bertz CT molecular complexity index is 345. The van der Waals surface area contributed by atoms with E-state index in [2.05, 4.69) is 21.6 Å². The first kappa shape index (κ1) is 10.4. The van der Waals surface area contributed by atoms with Crippen molar-refractivity contribution in [3.8, 4) is 0 Å². The van der Waals surface area contributed by atoms with Crippen molar-refractivity contribution in [2.75, 3.05) is 11.6 Å². The van der Waals surface area contributed by atoms with Crippen molar-refractivity contribution in [1.82, 2.24) is 10.2 Å². The van der Waals surface area contributed by atoms with Crippen LogP contribution in [-0.2, 0) is 0 Å². The lowest BCUT2D eigenvalue weighted by Gasteiger charge is -2.17. The maximum atomic E-state index is 4.23. The van der Waals surface area contributed by atoms with Gasteiger partial charge in [0.15, 0.2) is 0 Å². The maximum absolute atomic E-state index is 4.23. The molecule has 0 atom stereocenters. The lowest BCUT2D eigenvalue weighted by atomic mass is 10.1. The Hall–Kier alpha value is -0.770. The molecule has 1 heterocycles. The highest BCUT2D eigenvalue weighted by Crippen LogP contribution is 2.45. The molecule has 2 aliphatic carbocycles. The lowest BCUT2D eigenvalue weighted by Crippen LogP contribution is -2.24. The van der Waals surface area contributed by atoms with E-state index in [9.17, 15) is 0 Å². The van der Waals surface area contributed by atoms with Crippen molar-refractivity contribution >= 4 is 17.6 Å². The Morgan fingerprint density at radius 1 is 1.19 bits per heavy atom. The fraction of sp³-hybridized carbons (Fsp3) is 0.667. The van der Waals surface area contributed by atoms with Crippen molar-refractivity contribution < 1.29 is 0 Å². The second kappa shape index (κ2) is 4.24. The normalized spacial score (nSPS) is 20.1. The Balaban J connectivity index is 1.66. The summed E-state index contributed by atoms with van der Waals surface area (Å²) in [5.41, 5.74) is 0. The van der Waals surface area contributed by atoms with E-state index in [4.69, 9.17) is 0 Å². The molecule has 3 rings (SSSR count). The van der Waals surface area contributed by atoms with Gasteiger partial charge in [0.1, 0.15) is 10.8 Å². The van der Waals surface area contributed by atoms with Gasteiger partial charge in [0.2, 0.25) is 0 Å². The van der Waals surface area contributed by atoms with Gasteiger partial charge < -0.3 is 5.32 Å². The van der Waals surface area contributed by atoms with E-state index in [0.717, 1.165) is 22.7 Å². The number of anilines is 1. The van der Waals surface area contributed by atoms with Crippen LogP contribution in [-0.4, -0.2) is 22.5 Å². The average molecular weight is 235 g/mol. The second-order valence-corrected chi connectivity index (χ2v) is 5.63. The molecule has 1 aromatic rings. The summed E-state index contributed by atoms with van der Waals surface area (Å²) in [5, 5.41) is 12.9. The quantitative estimate of drug-likeness (QED) is 0.796. The molecule has 0 aliphatic heterocycles. The van der Waals surface area contributed by atoms with Crippen LogP contribution in [0.4, 0.5) is 5.82 Å². The van der Waals surface area contributed by atoms with Gasteiger partial charge in [-0.15, -0.1) is 22.0 Å². The Labute approximate surface area is 100 Å². The maximum Gasteiger partial charge on any atom is 0.148 e. The van der Waals surface area contributed by atoms with E-state index in [1.165, 1.54) is 25.7 Å². The Morgan fingerprint density at radius 3 is 2.31 bits per heavy atom. The molecule has 2 fully saturated rings. The monoisotopic (exact) mass is 235 g/mol. The summed E-state index contributed by atoms with van der Waals surface area (Å²) in [7, 11) is 0. The molecule has 0 bridgehead atoms. The molecule has 2 saturated carbocycles. The molecule has 0 saturated heterocycles. The molecular weight excluding hydrogens is 218 g/mol. The molecule has 16 heavy (non-hydrogen) atoms. The molecule has 1 N–H and O–H groups in total. The van der Waals surface area contributed by atoms with Crippen LogP contribution in [0.15, 0.2) is 17.2 Å². The number of hydrogen-bond donors (Lipinski definition) is 1. The molecule has 0 spiro atoms. The number of nitrogens with one attached hydrogen (secondary N) is 1. The summed E-state index contributed by atoms with van der Waals surface area (Å²) in [4.78, 5) is 0. The third-order valence-electron chi connectivity index (χ3n) is 3.42. The summed E-state index contributed by atoms with van der Waals surface area (Å²) in [6.45, 7) is 0. The van der Waals surface area contributed by atoms with Crippen molar-refractivity contribution in [2.45, 2.75) is 36.8 Å². The van der Waals surface area contributed by atoms with Crippen molar-refractivity contribution in [3.05, 3.63) is 12.1 Å². The van der Waals surface area contributed by atoms with Crippen molar-refractivity contribution in [1.29, 1.82) is 0 Å². The molecule has 0 radical (unpaired) electrons. The first-order chi connectivity index (χ1) is 7.86. The predicted octanol–water partition coefficient (Wildman–Crippen LogP) is 2.80. The summed E-state index contributed by atoms with van der Waals surface area (Å²) in [5.74, 6) is 2.74. The highest BCUT2D eigenvalue weighted by molar-refractivity contribution is 7.98. The van der Waals surface area contributed by atoms with E-state index in [1.807, 2.05) is 12.3 Å². The first-order valence-electron chi connectivity index (χ1n) is 6.01. The molecule has 4 heteroatoms. The van der Waals surface area contributed by atoms with Gasteiger partial charge in [-0.3, -0.25) is 0 Å². The van der Waals surface area contributed by atoms with Crippen LogP contribution in [0.1, 0.15) is 25.7 Å². The van der Waals surface area contributed by atoms with Crippen LogP contribution in [0.3, 0.4) is 0 Å². The molecule has 0 aromatic carbocycles. The first-order valence-corrected chi connectivity index (χ1v) is 7.23. The number of hydrogen-bond acceptors (Lipinski definition) is 4. The zero-order chi connectivity index (χ0) is 11.0. The Kier molecular flexibility index (Phi) is 2.75. The standard InChI is InChI=1S/C12H17N3S/c1-16-11-7-6-10(14-15-11)13-12(8-2-3-8)9-4-5-9/h6-9,12H,2-5H2,1H3,(H,13,14). The molecule has 3 nitrogen and oxygen atoms in total. The SMILES string of the molecule is CSc1ccc(NC(C2CC2)C2CC2)nn1. The van der Waals surface area contributed by atoms with Gasteiger partial charge in [0, 0.05) is 6.04 Å². The predicted molar refractivity (Wildman–Crippen MR) is 66.7 cm³/mol. The molecule has 0 unspecified atom stereocenters. The molecule has 2 aliphatic rings. The van der Waals surface area contributed by atoms with E-state index < -0.39 is 0 Å². The highest BCUT2D eigenvalue weighted by atomic mass is 32.2. The van der Waals surface area contributed by atoms with Gasteiger partial charge in [0.25, 0.3) is 0 Å². The zero-order valence-electron chi connectivity index (χ0n) is 9.52. The third-order valence-corrected chi connectivity index (χ3v) is 4.06. The fourth-order valence-corrected chi connectivity index (χ4v) is 2.53. The minimum atomic E-state index is 0.662. The highest BCUT2D eigenvalue weighted by Gasteiger charge is 2.41. The third kappa shape index (κ3) is 2.32. The largest absolute Gasteiger partial charge is 0.365 e. The molecule has 86 valence electrons. The van der Waals surface area contributed by atoms with E-state index in [-0.39, 0.29) is 0 Å². The molecule has 1 aromatic heterocycles. The molecular formula is C12H17N3S. The van der Waals surface area contributed by atoms with Gasteiger partial charge in [0.05, 0.1) is 0 Å². The minimum Gasteiger partial charge on any atom is -0.365 e. The van der Waals surface area contributed by atoms with Crippen LogP contribution in [0.5, 0.6) is 0 Å². The van der Waals surface area contributed by atoms with Crippen molar-refractivity contribution in [2.24, 2.45) is 11.8 Å². The van der Waals surface area contributed by atoms with E-state index >= 15 is 0 Å². The van der Waals surface area contributed by atoms with Gasteiger partial charge in [-0.05, 0) is 55.9 Å². The lowest BCUT2D eigenvalue weighted by molar-refractivity contribution is 0.564. The summed E-state index contributed by atoms with van der Waals surface area (Å²) in [6, 6.07) is 4.75. The van der Waals surface area contributed by atoms with Gasteiger partial charge in [-0.25, -0.2) is 0 Å². The molecule has 0 amide bonds.